The maximum Gasteiger partial charge on any atom is 0.0303 e. The summed E-state index contributed by atoms with van der Waals surface area (Å²) in [7, 11) is 0. The van der Waals surface area contributed by atoms with Crippen molar-refractivity contribution in [3.63, 3.8) is 0 Å². The van der Waals surface area contributed by atoms with Crippen molar-refractivity contribution in [1.29, 1.82) is 0 Å². The van der Waals surface area contributed by atoms with Crippen LogP contribution in [0.4, 0.5) is 0 Å². The molecule has 0 aromatic heterocycles. The van der Waals surface area contributed by atoms with Crippen LogP contribution in [0.25, 0.3) is 0 Å². The number of hydrogen-bond donors (Lipinski definition) is 1. The lowest BCUT2D eigenvalue weighted by molar-refractivity contribution is 0.695. The van der Waals surface area contributed by atoms with E-state index in [1.165, 1.54) is 5.56 Å². The van der Waals surface area contributed by atoms with Crippen LogP contribution in [-0.2, 0) is 0 Å². The fourth-order valence-corrected chi connectivity index (χ4v) is 2.36. The van der Waals surface area contributed by atoms with Crippen molar-refractivity contribution in [2.75, 3.05) is 0 Å². The van der Waals surface area contributed by atoms with Gasteiger partial charge in [0.05, 0.1) is 0 Å². The summed E-state index contributed by atoms with van der Waals surface area (Å²) in [5.41, 5.74) is 7.07. The Kier molecular flexibility index (Phi) is 3.75. The van der Waals surface area contributed by atoms with E-state index < -0.39 is 0 Å². The Morgan fingerprint density at radius 3 is 2.58 bits per heavy atom. The minimum absolute atomic E-state index is 0.132. The summed E-state index contributed by atoms with van der Waals surface area (Å²) in [6.45, 7) is 2.08. The lowest BCUT2D eigenvalue weighted by Gasteiger charge is -2.11. The van der Waals surface area contributed by atoms with Crippen LogP contribution in [0.15, 0.2) is 27.1 Å². The molecule has 0 saturated heterocycles. The van der Waals surface area contributed by atoms with Crippen LogP contribution in [-0.4, -0.2) is 0 Å². The molecule has 0 heterocycles. The van der Waals surface area contributed by atoms with E-state index in [1.807, 2.05) is 18.2 Å². The molecule has 66 valence electrons. The van der Waals surface area contributed by atoms with Crippen molar-refractivity contribution in [2.24, 2.45) is 5.73 Å². The third-order valence-corrected chi connectivity index (χ3v) is 2.98. The fourth-order valence-electron chi connectivity index (χ4n) is 1.02. The van der Waals surface area contributed by atoms with Crippen molar-refractivity contribution in [3.8, 4) is 0 Å². The van der Waals surface area contributed by atoms with E-state index in [0.717, 1.165) is 15.4 Å². The van der Waals surface area contributed by atoms with Gasteiger partial charge < -0.3 is 5.73 Å². The Morgan fingerprint density at radius 1 is 1.42 bits per heavy atom. The van der Waals surface area contributed by atoms with Crippen molar-refractivity contribution < 1.29 is 0 Å². The molecule has 1 aromatic carbocycles. The Morgan fingerprint density at radius 2 is 2.08 bits per heavy atom. The molecular formula is C9H11Br2N. The first-order valence-electron chi connectivity index (χ1n) is 3.85. The average Bonchev–Trinajstić information content (AvgIpc) is 2.03. The molecule has 12 heavy (non-hydrogen) atoms. The summed E-state index contributed by atoms with van der Waals surface area (Å²) < 4.78 is 2.15. The summed E-state index contributed by atoms with van der Waals surface area (Å²) in [5, 5.41) is 0. The van der Waals surface area contributed by atoms with E-state index in [1.54, 1.807) is 0 Å². The minimum Gasteiger partial charge on any atom is -0.324 e. The zero-order valence-electron chi connectivity index (χ0n) is 6.85. The van der Waals surface area contributed by atoms with Gasteiger partial charge in [0.2, 0.25) is 0 Å². The fraction of sp³-hybridized carbons (Fsp3) is 0.333. The maximum absolute atomic E-state index is 5.90. The summed E-state index contributed by atoms with van der Waals surface area (Å²) in [6, 6.07) is 6.20. The largest absolute Gasteiger partial charge is 0.324 e. The van der Waals surface area contributed by atoms with Crippen molar-refractivity contribution in [1.82, 2.24) is 0 Å². The van der Waals surface area contributed by atoms with Gasteiger partial charge >= 0.3 is 0 Å². The van der Waals surface area contributed by atoms with E-state index in [4.69, 9.17) is 5.73 Å². The highest BCUT2D eigenvalue weighted by molar-refractivity contribution is 9.11. The van der Waals surface area contributed by atoms with Crippen LogP contribution in [0.1, 0.15) is 24.9 Å². The molecule has 0 amide bonds. The number of rotatable bonds is 2. The van der Waals surface area contributed by atoms with Crippen molar-refractivity contribution in [2.45, 2.75) is 19.4 Å². The predicted octanol–water partition coefficient (Wildman–Crippen LogP) is 3.62. The first kappa shape index (κ1) is 10.2. The van der Waals surface area contributed by atoms with Crippen LogP contribution in [0, 0.1) is 0 Å². The number of benzene rings is 1. The molecule has 2 N–H and O–H groups in total. The standard InChI is InChI=1S/C9H11Br2N/c1-2-9(12)7-4-3-6(10)5-8(7)11/h3-5,9H,2,12H2,1H3. The van der Waals surface area contributed by atoms with E-state index in [0.29, 0.717) is 0 Å². The predicted molar refractivity (Wildman–Crippen MR) is 59.1 cm³/mol. The molecule has 1 nitrogen and oxygen atoms in total. The molecule has 0 aliphatic carbocycles. The van der Waals surface area contributed by atoms with E-state index in [9.17, 15) is 0 Å². The molecule has 1 aromatic rings. The van der Waals surface area contributed by atoms with Crippen LogP contribution in [0.3, 0.4) is 0 Å². The smallest absolute Gasteiger partial charge is 0.0303 e. The molecule has 0 saturated carbocycles. The second-order valence-corrected chi connectivity index (χ2v) is 4.45. The molecule has 0 aliphatic heterocycles. The molecule has 1 unspecified atom stereocenters. The Bertz CT molecular complexity index is 273. The molecule has 1 atom stereocenters. The third kappa shape index (κ3) is 2.31. The van der Waals surface area contributed by atoms with Crippen LogP contribution in [0.2, 0.25) is 0 Å². The molecule has 0 radical (unpaired) electrons. The van der Waals surface area contributed by atoms with Gasteiger partial charge in [-0.2, -0.15) is 0 Å². The first-order chi connectivity index (χ1) is 5.65. The van der Waals surface area contributed by atoms with Gasteiger partial charge in [-0.3, -0.25) is 0 Å². The summed E-state index contributed by atoms with van der Waals surface area (Å²) >= 11 is 6.87. The van der Waals surface area contributed by atoms with Crippen molar-refractivity contribution >= 4 is 31.9 Å². The minimum atomic E-state index is 0.132. The molecule has 3 heteroatoms. The Labute approximate surface area is 89.6 Å². The lowest BCUT2D eigenvalue weighted by Crippen LogP contribution is -2.08. The van der Waals surface area contributed by atoms with Gasteiger partial charge in [0.15, 0.2) is 0 Å². The van der Waals surface area contributed by atoms with Gasteiger partial charge in [0.1, 0.15) is 0 Å². The molecule has 0 fully saturated rings. The van der Waals surface area contributed by atoms with Gasteiger partial charge in [0.25, 0.3) is 0 Å². The Hall–Kier alpha value is 0.140. The SMILES string of the molecule is CCC(N)c1ccc(Br)cc1Br. The highest BCUT2D eigenvalue weighted by atomic mass is 79.9. The van der Waals surface area contributed by atoms with Gasteiger partial charge in [-0.15, -0.1) is 0 Å². The van der Waals surface area contributed by atoms with Gasteiger partial charge in [-0.25, -0.2) is 0 Å². The first-order valence-corrected chi connectivity index (χ1v) is 5.44. The van der Waals surface area contributed by atoms with E-state index in [2.05, 4.69) is 38.8 Å². The zero-order chi connectivity index (χ0) is 9.14. The number of hydrogen-bond acceptors (Lipinski definition) is 1. The second kappa shape index (κ2) is 4.40. The second-order valence-electron chi connectivity index (χ2n) is 2.68. The van der Waals surface area contributed by atoms with E-state index >= 15 is 0 Å². The van der Waals surface area contributed by atoms with Crippen LogP contribution < -0.4 is 5.73 Å². The third-order valence-electron chi connectivity index (χ3n) is 1.80. The molecule has 0 spiro atoms. The normalized spacial score (nSPS) is 13.0. The maximum atomic E-state index is 5.90. The lowest BCUT2D eigenvalue weighted by atomic mass is 10.1. The molecule has 0 bridgehead atoms. The van der Waals surface area contributed by atoms with Crippen molar-refractivity contribution in [3.05, 3.63) is 32.7 Å². The average molecular weight is 293 g/mol. The number of nitrogens with two attached hydrogens (primary N) is 1. The monoisotopic (exact) mass is 291 g/mol. The number of halogens is 2. The van der Waals surface area contributed by atoms with Crippen LogP contribution >= 0.6 is 31.9 Å². The quantitative estimate of drug-likeness (QED) is 0.885. The van der Waals surface area contributed by atoms with E-state index in [-0.39, 0.29) is 6.04 Å². The Balaban J connectivity index is 3.01. The summed E-state index contributed by atoms with van der Waals surface area (Å²) in [5.74, 6) is 0. The van der Waals surface area contributed by atoms with Gasteiger partial charge in [-0.1, -0.05) is 44.8 Å². The van der Waals surface area contributed by atoms with Crippen LogP contribution in [0.5, 0.6) is 0 Å². The summed E-state index contributed by atoms with van der Waals surface area (Å²) in [6.07, 6.45) is 0.959. The summed E-state index contributed by atoms with van der Waals surface area (Å²) in [4.78, 5) is 0. The molecular weight excluding hydrogens is 282 g/mol. The highest BCUT2D eigenvalue weighted by Gasteiger charge is 2.06. The highest BCUT2D eigenvalue weighted by Crippen LogP contribution is 2.26. The molecule has 1 rings (SSSR count). The van der Waals surface area contributed by atoms with Gasteiger partial charge in [0, 0.05) is 15.0 Å². The van der Waals surface area contributed by atoms with Gasteiger partial charge in [-0.05, 0) is 24.1 Å². The zero-order valence-corrected chi connectivity index (χ0v) is 10.0. The molecule has 0 aliphatic rings. The topological polar surface area (TPSA) is 26.0 Å².